The van der Waals surface area contributed by atoms with Crippen LogP contribution in [0.1, 0.15) is 42.4 Å². The molecule has 2 aromatic carbocycles. The van der Waals surface area contributed by atoms with Gasteiger partial charge in [0, 0.05) is 12.6 Å². The summed E-state index contributed by atoms with van der Waals surface area (Å²) in [5, 5.41) is 13.7. The van der Waals surface area contributed by atoms with Gasteiger partial charge in [-0.1, -0.05) is 17.7 Å². The van der Waals surface area contributed by atoms with E-state index in [-0.39, 0.29) is 47.0 Å². The number of nitrogens with zero attached hydrogens (tertiary/aromatic N) is 5. The fourth-order valence-electron chi connectivity index (χ4n) is 4.52. The molecule has 0 saturated heterocycles. The van der Waals surface area contributed by atoms with Gasteiger partial charge in [-0.05, 0) is 50.5 Å². The van der Waals surface area contributed by atoms with Crippen molar-refractivity contribution in [1.82, 2.24) is 14.3 Å². The minimum Gasteiger partial charge on any atom is -0.388 e. The van der Waals surface area contributed by atoms with Crippen molar-refractivity contribution < 1.29 is 18.7 Å². The summed E-state index contributed by atoms with van der Waals surface area (Å²) in [5.41, 5.74) is -0.288. The zero-order valence-corrected chi connectivity index (χ0v) is 19.1. The van der Waals surface area contributed by atoms with Crippen LogP contribution in [0.25, 0.3) is 5.69 Å². The lowest BCUT2D eigenvalue weighted by Gasteiger charge is -2.45. The molecule has 5 rings (SSSR count). The second-order valence-electron chi connectivity index (χ2n) is 8.33. The van der Waals surface area contributed by atoms with Crippen molar-refractivity contribution in [2.24, 2.45) is 0 Å². The summed E-state index contributed by atoms with van der Waals surface area (Å²) in [6.45, 7) is 1.53. The lowest BCUT2D eigenvalue weighted by atomic mass is 9.90. The van der Waals surface area contributed by atoms with Gasteiger partial charge in [-0.15, -0.1) is 5.10 Å². The molecule has 34 heavy (non-hydrogen) atoms. The zero-order valence-electron chi connectivity index (χ0n) is 18.3. The topological polar surface area (TPSA) is 83.6 Å². The van der Waals surface area contributed by atoms with Crippen LogP contribution in [0.5, 0.6) is 0 Å². The Hall–Kier alpha value is -3.24. The van der Waals surface area contributed by atoms with Crippen molar-refractivity contribution in [3.05, 3.63) is 68.9 Å². The van der Waals surface area contributed by atoms with Gasteiger partial charge in [0.05, 0.1) is 22.9 Å². The molecule has 1 aliphatic heterocycles. The lowest BCUT2D eigenvalue weighted by molar-refractivity contribution is 0.0978. The molecule has 1 amide bonds. The summed E-state index contributed by atoms with van der Waals surface area (Å²) >= 11 is 6.23. The number of benzene rings is 2. The molecular formula is C23H22ClF2N5O3. The maximum atomic E-state index is 15.3. The highest BCUT2D eigenvalue weighted by Gasteiger charge is 2.38. The van der Waals surface area contributed by atoms with Gasteiger partial charge in [0.15, 0.2) is 5.82 Å². The van der Waals surface area contributed by atoms with Crippen molar-refractivity contribution >= 4 is 28.9 Å². The third kappa shape index (κ3) is 3.40. The number of amides is 1. The van der Waals surface area contributed by atoms with Crippen LogP contribution in [-0.2, 0) is 13.2 Å². The first-order valence-corrected chi connectivity index (χ1v) is 11.4. The van der Waals surface area contributed by atoms with E-state index in [9.17, 15) is 19.1 Å². The first-order chi connectivity index (χ1) is 16.3. The normalized spacial score (nSPS) is 16.1. The van der Waals surface area contributed by atoms with E-state index in [1.165, 1.54) is 33.7 Å². The molecule has 0 unspecified atom stereocenters. The van der Waals surface area contributed by atoms with Gasteiger partial charge in [-0.3, -0.25) is 14.3 Å². The molecule has 1 aromatic heterocycles. The molecular weight excluding hydrogens is 468 g/mol. The molecule has 0 atom stereocenters. The van der Waals surface area contributed by atoms with Crippen LogP contribution in [0.15, 0.2) is 35.1 Å². The van der Waals surface area contributed by atoms with E-state index in [4.69, 9.17) is 11.6 Å². The van der Waals surface area contributed by atoms with Crippen LogP contribution in [0.2, 0.25) is 5.02 Å². The van der Waals surface area contributed by atoms with Crippen molar-refractivity contribution in [1.29, 1.82) is 0 Å². The molecule has 1 aliphatic carbocycles. The number of anilines is 2. The van der Waals surface area contributed by atoms with Crippen LogP contribution in [-0.4, -0.2) is 38.1 Å². The van der Waals surface area contributed by atoms with Gasteiger partial charge in [0.2, 0.25) is 0 Å². The predicted octanol–water partition coefficient (Wildman–Crippen LogP) is 3.45. The number of rotatable bonds is 5. The molecule has 0 spiro atoms. The SMILES string of the molecule is CCn1c(CO)nn(-c2cc3c(cc2F)C(=O)N(c2c(F)cccc2Cl)CN3C2CCC2)c1=O. The maximum absolute atomic E-state index is 15.3. The third-order valence-corrected chi connectivity index (χ3v) is 6.80. The number of para-hydroxylation sites is 1. The number of aliphatic hydroxyl groups excluding tert-OH is 1. The fourth-order valence-corrected chi connectivity index (χ4v) is 4.78. The van der Waals surface area contributed by atoms with Gasteiger partial charge >= 0.3 is 5.69 Å². The second-order valence-corrected chi connectivity index (χ2v) is 8.74. The number of hydrogen-bond donors (Lipinski definition) is 1. The van der Waals surface area contributed by atoms with Gasteiger partial charge in [0.25, 0.3) is 5.91 Å². The Morgan fingerprint density at radius 3 is 2.50 bits per heavy atom. The number of hydrogen-bond acceptors (Lipinski definition) is 5. The van der Waals surface area contributed by atoms with Crippen LogP contribution < -0.4 is 15.5 Å². The van der Waals surface area contributed by atoms with E-state index in [1.807, 2.05) is 4.90 Å². The highest BCUT2D eigenvalue weighted by molar-refractivity contribution is 6.34. The molecule has 3 aromatic rings. The van der Waals surface area contributed by atoms with Crippen LogP contribution in [0.3, 0.4) is 0 Å². The molecule has 1 saturated carbocycles. The Morgan fingerprint density at radius 2 is 1.91 bits per heavy atom. The molecule has 2 heterocycles. The van der Waals surface area contributed by atoms with Gasteiger partial charge < -0.3 is 10.0 Å². The van der Waals surface area contributed by atoms with Crippen LogP contribution >= 0.6 is 11.6 Å². The van der Waals surface area contributed by atoms with Crippen molar-refractivity contribution in [3.8, 4) is 5.69 Å². The Balaban J connectivity index is 1.67. The standard InChI is InChI=1S/C23H22ClF2N5O3/c1-2-28-20(11-32)27-31(23(28)34)19-10-18-14(9-17(19)26)22(33)30(12-29(18)13-5-3-6-13)21-15(24)7-4-8-16(21)25/h4,7-10,13,32H,2-3,5-6,11-12H2,1H3. The quantitative estimate of drug-likeness (QED) is 0.593. The molecule has 8 nitrogen and oxygen atoms in total. The number of carbonyl (C=O) groups is 1. The number of fused-ring (bicyclic) bond motifs is 1. The highest BCUT2D eigenvalue weighted by Crippen LogP contribution is 2.40. The van der Waals surface area contributed by atoms with Crippen LogP contribution in [0, 0.1) is 11.6 Å². The summed E-state index contributed by atoms with van der Waals surface area (Å²) in [6.07, 6.45) is 2.72. The van der Waals surface area contributed by atoms with E-state index in [2.05, 4.69) is 5.10 Å². The number of halogens is 3. The fraction of sp³-hybridized carbons (Fsp3) is 0.348. The molecule has 11 heteroatoms. The predicted molar refractivity (Wildman–Crippen MR) is 123 cm³/mol. The molecule has 0 radical (unpaired) electrons. The Bertz CT molecular complexity index is 1330. The average Bonchev–Trinajstić information content (AvgIpc) is 3.10. The molecule has 0 bridgehead atoms. The minimum atomic E-state index is -0.838. The van der Waals surface area contributed by atoms with Gasteiger partial charge in [0.1, 0.15) is 29.6 Å². The summed E-state index contributed by atoms with van der Waals surface area (Å²) in [7, 11) is 0. The smallest absolute Gasteiger partial charge is 0.350 e. The van der Waals surface area contributed by atoms with Gasteiger partial charge in [-0.25, -0.2) is 13.6 Å². The van der Waals surface area contributed by atoms with E-state index in [1.54, 1.807) is 6.92 Å². The van der Waals surface area contributed by atoms with Crippen molar-refractivity contribution in [2.75, 3.05) is 16.5 Å². The molecule has 2 aliphatic rings. The minimum absolute atomic E-state index is 0.0302. The van der Waals surface area contributed by atoms with E-state index < -0.39 is 29.8 Å². The first kappa shape index (κ1) is 22.5. The molecule has 178 valence electrons. The van der Waals surface area contributed by atoms with E-state index in [0.717, 1.165) is 30.0 Å². The number of carbonyl (C=O) groups excluding carboxylic acids is 1. The zero-order chi connectivity index (χ0) is 24.1. The molecule has 1 fully saturated rings. The largest absolute Gasteiger partial charge is 0.388 e. The number of aliphatic hydroxyl groups is 1. The summed E-state index contributed by atoms with van der Waals surface area (Å²) < 4.78 is 32.1. The molecule has 1 N–H and O–H groups in total. The monoisotopic (exact) mass is 489 g/mol. The second kappa shape index (κ2) is 8.52. The average molecular weight is 490 g/mol. The summed E-state index contributed by atoms with van der Waals surface area (Å²) in [4.78, 5) is 29.3. The highest BCUT2D eigenvalue weighted by atomic mass is 35.5. The maximum Gasteiger partial charge on any atom is 0.350 e. The Kier molecular flexibility index (Phi) is 5.65. The first-order valence-electron chi connectivity index (χ1n) is 11.0. The van der Waals surface area contributed by atoms with E-state index in [0.29, 0.717) is 5.69 Å². The Morgan fingerprint density at radius 1 is 1.15 bits per heavy atom. The van der Waals surface area contributed by atoms with Crippen molar-refractivity contribution in [3.63, 3.8) is 0 Å². The van der Waals surface area contributed by atoms with Crippen molar-refractivity contribution in [2.45, 2.75) is 45.4 Å². The number of aromatic nitrogens is 3. The summed E-state index contributed by atoms with van der Waals surface area (Å²) in [5.74, 6) is -1.97. The van der Waals surface area contributed by atoms with Crippen LogP contribution in [0.4, 0.5) is 20.2 Å². The van der Waals surface area contributed by atoms with E-state index >= 15 is 4.39 Å². The Labute approximate surface area is 198 Å². The lowest BCUT2D eigenvalue weighted by Crippen LogP contribution is -2.53. The van der Waals surface area contributed by atoms with Gasteiger partial charge in [-0.2, -0.15) is 4.68 Å². The summed E-state index contributed by atoms with van der Waals surface area (Å²) in [6, 6.07) is 6.71. The third-order valence-electron chi connectivity index (χ3n) is 6.49.